The Morgan fingerprint density at radius 3 is 2.44 bits per heavy atom. The third-order valence-electron chi connectivity index (χ3n) is 6.88. The van der Waals surface area contributed by atoms with Gasteiger partial charge in [0.1, 0.15) is 22.7 Å². The van der Waals surface area contributed by atoms with Gasteiger partial charge in [0.25, 0.3) is 0 Å². The number of amides is 1. The number of fused-ring (bicyclic) bond motifs is 2. The molecule has 1 aromatic heterocycles. The average Bonchev–Trinajstić information content (AvgIpc) is 2.89. The van der Waals surface area contributed by atoms with Gasteiger partial charge in [-0.1, -0.05) is 18.2 Å². The molecule has 0 atom stereocenters. The predicted molar refractivity (Wildman–Crippen MR) is 152 cm³/mol. The Morgan fingerprint density at radius 2 is 1.72 bits per heavy atom. The van der Waals surface area contributed by atoms with Crippen molar-refractivity contribution in [3.05, 3.63) is 76.5 Å². The summed E-state index contributed by atoms with van der Waals surface area (Å²) in [6, 6.07) is 18.5. The molecule has 4 aromatic rings. The molecule has 7 heteroatoms. The number of para-hydroxylation sites is 1. The van der Waals surface area contributed by atoms with E-state index in [1.165, 1.54) is 0 Å². The van der Waals surface area contributed by atoms with E-state index >= 15 is 0 Å². The summed E-state index contributed by atoms with van der Waals surface area (Å²) in [5.74, 6) is 2.30. The fourth-order valence-electron chi connectivity index (χ4n) is 4.91. The number of piperidine rings is 1. The maximum atomic E-state index is 13.4. The third-order valence-corrected chi connectivity index (χ3v) is 6.88. The van der Waals surface area contributed by atoms with Gasteiger partial charge in [-0.05, 0) is 94.8 Å². The Balaban J connectivity index is 1.29. The number of aryl methyl sites for hydroxylation is 1. The Kier molecular flexibility index (Phi) is 7.51. The monoisotopic (exact) mass is 529 g/mol. The predicted octanol–water partition coefficient (Wildman–Crippen LogP) is 7.46. The Morgan fingerprint density at radius 1 is 0.974 bits per heavy atom. The van der Waals surface area contributed by atoms with Gasteiger partial charge in [0, 0.05) is 19.2 Å². The van der Waals surface area contributed by atoms with Gasteiger partial charge < -0.3 is 23.5 Å². The van der Waals surface area contributed by atoms with E-state index in [-0.39, 0.29) is 11.5 Å². The first kappa shape index (κ1) is 26.6. The van der Waals surface area contributed by atoms with Crippen LogP contribution in [0, 0.1) is 12.8 Å². The van der Waals surface area contributed by atoms with Crippen LogP contribution in [0.25, 0.3) is 21.9 Å². The summed E-state index contributed by atoms with van der Waals surface area (Å²) in [6.45, 7) is 9.45. The second kappa shape index (κ2) is 11.0. The highest BCUT2D eigenvalue weighted by molar-refractivity contribution is 5.93. The molecule has 1 fully saturated rings. The molecule has 0 N–H and O–H groups in total. The third kappa shape index (κ3) is 6.36. The standard InChI is InChI=1S/C32H35NO6/c1-21-18-26-29(34)25-11-10-24(37-23-8-6-5-7-9-23)20-27(25)38-30(26)28(19-21)36-17-14-22-12-15-33(16-13-22)31(35)39-32(2,3)4/h5-11,18-20,22H,12-17H2,1-4H3. The van der Waals surface area contributed by atoms with Crippen LogP contribution in [0.3, 0.4) is 0 Å². The molecule has 39 heavy (non-hydrogen) atoms. The summed E-state index contributed by atoms with van der Waals surface area (Å²) in [7, 11) is 0. The van der Waals surface area contributed by atoms with Crippen LogP contribution in [0.2, 0.25) is 0 Å². The second-order valence-electron chi connectivity index (χ2n) is 11.2. The van der Waals surface area contributed by atoms with Crippen LogP contribution in [0.1, 0.15) is 45.6 Å². The summed E-state index contributed by atoms with van der Waals surface area (Å²) >= 11 is 0. The quantitative estimate of drug-likeness (QED) is 0.241. The van der Waals surface area contributed by atoms with Gasteiger partial charge in [-0.15, -0.1) is 0 Å². The molecule has 1 aliphatic heterocycles. The summed E-state index contributed by atoms with van der Waals surface area (Å²) in [4.78, 5) is 27.5. The second-order valence-corrected chi connectivity index (χ2v) is 11.2. The molecule has 1 aliphatic rings. The number of carbonyl (C=O) groups excluding carboxylic acids is 1. The molecule has 1 amide bonds. The van der Waals surface area contributed by atoms with Crippen LogP contribution in [0.15, 0.2) is 69.9 Å². The van der Waals surface area contributed by atoms with Crippen molar-refractivity contribution < 1.29 is 23.4 Å². The van der Waals surface area contributed by atoms with E-state index < -0.39 is 5.60 Å². The zero-order valence-electron chi connectivity index (χ0n) is 23.0. The molecule has 0 aliphatic carbocycles. The van der Waals surface area contributed by atoms with Crippen LogP contribution < -0.4 is 14.9 Å². The molecular weight excluding hydrogens is 494 g/mol. The smallest absolute Gasteiger partial charge is 0.410 e. The number of carbonyl (C=O) groups is 1. The Bertz CT molecular complexity index is 1530. The Hall–Kier alpha value is -4.00. The molecule has 3 aromatic carbocycles. The molecule has 1 saturated heterocycles. The topological polar surface area (TPSA) is 78.2 Å². The molecule has 0 bridgehead atoms. The van der Waals surface area contributed by atoms with Crippen LogP contribution >= 0.6 is 0 Å². The molecule has 204 valence electrons. The fraction of sp³-hybridized carbons (Fsp3) is 0.375. The summed E-state index contributed by atoms with van der Waals surface area (Å²) < 4.78 is 23.9. The number of rotatable bonds is 6. The van der Waals surface area contributed by atoms with Crippen molar-refractivity contribution in [2.24, 2.45) is 5.92 Å². The minimum atomic E-state index is -0.491. The van der Waals surface area contributed by atoms with E-state index in [1.54, 1.807) is 23.1 Å². The van der Waals surface area contributed by atoms with Gasteiger partial charge in [0.05, 0.1) is 17.4 Å². The van der Waals surface area contributed by atoms with Crippen molar-refractivity contribution in [1.82, 2.24) is 4.90 Å². The zero-order valence-corrected chi connectivity index (χ0v) is 23.0. The number of likely N-dealkylation sites (tertiary alicyclic amines) is 1. The molecule has 0 radical (unpaired) electrons. The first-order valence-electron chi connectivity index (χ1n) is 13.5. The van der Waals surface area contributed by atoms with E-state index in [9.17, 15) is 9.59 Å². The van der Waals surface area contributed by atoms with E-state index in [0.717, 1.165) is 24.8 Å². The normalized spacial score (nSPS) is 14.5. The number of hydrogen-bond donors (Lipinski definition) is 0. The molecule has 2 heterocycles. The lowest BCUT2D eigenvalue weighted by molar-refractivity contribution is 0.0177. The van der Waals surface area contributed by atoms with Gasteiger partial charge in [-0.3, -0.25) is 4.79 Å². The minimum Gasteiger partial charge on any atom is -0.490 e. The van der Waals surface area contributed by atoms with E-state index in [2.05, 4.69) is 0 Å². The maximum absolute atomic E-state index is 13.4. The number of ether oxygens (including phenoxy) is 3. The largest absolute Gasteiger partial charge is 0.490 e. The lowest BCUT2D eigenvalue weighted by Crippen LogP contribution is -2.41. The van der Waals surface area contributed by atoms with Crippen LogP contribution in [0.4, 0.5) is 4.79 Å². The van der Waals surface area contributed by atoms with Crippen molar-refractivity contribution in [1.29, 1.82) is 0 Å². The molecule has 7 nitrogen and oxygen atoms in total. The molecule has 0 spiro atoms. The van der Waals surface area contributed by atoms with Crippen molar-refractivity contribution >= 4 is 28.0 Å². The minimum absolute atomic E-state index is 0.0967. The van der Waals surface area contributed by atoms with Crippen molar-refractivity contribution in [2.75, 3.05) is 19.7 Å². The van der Waals surface area contributed by atoms with Crippen molar-refractivity contribution in [3.63, 3.8) is 0 Å². The van der Waals surface area contributed by atoms with Crippen LogP contribution in [-0.2, 0) is 4.74 Å². The summed E-state index contributed by atoms with van der Waals surface area (Å²) in [5, 5.41) is 0.996. The van der Waals surface area contributed by atoms with Gasteiger partial charge in [0.15, 0.2) is 11.3 Å². The number of nitrogens with zero attached hydrogens (tertiary/aromatic N) is 1. The fourth-order valence-corrected chi connectivity index (χ4v) is 4.91. The number of hydrogen-bond acceptors (Lipinski definition) is 6. The van der Waals surface area contributed by atoms with Crippen molar-refractivity contribution in [3.8, 4) is 17.2 Å². The first-order chi connectivity index (χ1) is 18.7. The average molecular weight is 530 g/mol. The van der Waals surface area contributed by atoms with Crippen LogP contribution in [-0.4, -0.2) is 36.3 Å². The summed E-state index contributed by atoms with van der Waals surface area (Å²) in [5.41, 5.74) is 1.23. The van der Waals surface area contributed by atoms with Gasteiger partial charge in [-0.2, -0.15) is 0 Å². The molecule has 0 saturated carbocycles. The van der Waals surface area contributed by atoms with Crippen molar-refractivity contribution in [2.45, 2.75) is 52.6 Å². The molecule has 5 rings (SSSR count). The zero-order chi connectivity index (χ0) is 27.6. The van der Waals surface area contributed by atoms with Crippen LogP contribution in [0.5, 0.6) is 17.2 Å². The van der Waals surface area contributed by atoms with E-state index in [1.807, 2.05) is 70.2 Å². The highest BCUT2D eigenvalue weighted by Gasteiger charge is 2.27. The lowest BCUT2D eigenvalue weighted by Gasteiger charge is -2.33. The first-order valence-corrected chi connectivity index (χ1v) is 13.5. The highest BCUT2D eigenvalue weighted by atomic mass is 16.6. The van der Waals surface area contributed by atoms with E-state index in [0.29, 0.717) is 64.8 Å². The highest BCUT2D eigenvalue weighted by Crippen LogP contribution is 2.32. The van der Waals surface area contributed by atoms with Gasteiger partial charge in [-0.25, -0.2) is 4.79 Å². The molecule has 0 unspecified atom stereocenters. The lowest BCUT2D eigenvalue weighted by atomic mass is 9.94. The van der Waals surface area contributed by atoms with Gasteiger partial charge >= 0.3 is 6.09 Å². The molecular formula is C32H35NO6. The SMILES string of the molecule is Cc1cc(OCCC2CCN(C(=O)OC(C)(C)C)CC2)c2oc3cc(Oc4ccccc4)ccc3c(=O)c2c1. The summed E-state index contributed by atoms with van der Waals surface area (Å²) in [6.07, 6.45) is 2.41. The van der Waals surface area contributed by atoms with E-state index in [4.69, 9.17) is 18.6 Å². The maximum Gasteiger partial charge on any atom is 0.410 e. The van der Waals surface area contributed by atoms with Gasteiger partial charge in [0.2, 0.25) is 5.43 Å². The Labute approximate surface area is 228 Å². The number of benzene rings is 3.